The van der Waals surface area contributed by atoms with Gasteiger partial charge in [-0.1, -0.05) is 13.3 Å². The van der Waals surface area contributed by atoms with E-state index in [1.54, 1.807) is 19.1 Å². The van der Waals surface area contributed by atoms with Gasteiger partial charge >= 0.3 is 11.7 Å². The Kier molecular flexibility index (Phi) is 6.37. The Morgan fingerprint density at radius 2 is 2.08 bits per heavy atom. The SMILES string of the molecule is CCCCN(C)Cc1cc(=O)oc2cc(NC(=O)OCC)ccc12. The number of unbranched alkanes of at least 4 members (excludes halogenated alkanes) is 1. The predicted molar refractivity (Wildman–Crippen MR) is 94.4 cm³/mol. The van der Waals surface area contributed by atoms with Gasteiger partial charge in [0.2, 0.25) is 0 Å². The predicted octanol–water partition coefficient (Wildman–Crippen LogP) is 3.59. The molecular formula is C18H24N2O4. The third-order valence-electron chi connectivity index (χ3n) is 3.69. The molecule has 0 radical (unpaired) electrons. The number of nitrogens with zero attached hydrogens (tertiary/aromatic N) is 1. The minimum absolute atomic E-state index is 0.294. The van der Waals surface area contributed by atoms with Crippen LogP contribution in [0.4, 0.5) is 10.5 Å². The first-order valence-electron chi connectivity index (χ1n) is 8.22. The lowest BCUT2D eigenvalue weighted by Crippen LogP contribution is -2.20. The van der Waals surface area contributed by atoms with Crippen molar-refractivity contribution in [3.8, 4) is 0 Å². The summed E-state index contributed by atoms with van der Waals surface area (Å²) in [7, 11) is 2.03. The number of benzene rings is 1. The van der Waals surface area contributed by atoms with Crippen LogP contribution in [-0.4, -0.2) is 31.2 Å². The molecule has 0 saturated carbocycles. The van der Waals surface area contributed by atoms with E-state index < -0.39 is 11.7 Å². The molecule has 130 valence electrons. The second-order valence-electron chi connectivity index (χ2n) is 5.74. The number of hydrogen-bond acceptors (Lipinski definition) is 5. The zero-order chi connectivity index (χ0) is 17.5. The summed E-state index contributed by atoms with van der Waals surface area (Å²) >= 11 is 0. The molecule has 6 heteroatoms. The van der Waals surface area contributed by atoms with Crippen molar-refractivity contribution in [3.63, 3.8) is 0 Å². The van der Waals surface area contributed by atoms with Gasteiger partial charge in [0.1, 0.15) is 5.58 Å². The largest absolute Gasteiger partial charge is 0.450 e. The topological polar surface area (TPSA) is 71.8 Å². The molecule has 1 amide bonds. The number of anilines is 1. The lowest BCUT2D eigenvalue weighted by molar-refractivity contribution is 0.168. The molecule has 2 aromatic rings. The Hall–Kier alpha value is -2.34. The van der Waals surface area contributed by atoms with Crippen LogP contribution in [0, 0.1) is 0 Å². The molecule has 0 spiro atoms. The normalized spacial score (nSPS) is 11.0. The number of rotatable bonds is 7. The van der Waals surface area contributed by atoms with Gasteiger partial charge in [0.25, 0.3) is 0 Å². The van der Waals surface area contributed by atoms with Crippen LogP contribution in [0.25, 0.3) is 11.0 Å². The summed E-state index contributed by atoms with van der Waals surface area (Å²) in [6.45, 7) is 5.83. The quantitative estimate of drug-likeness (QED) is 0.785. The number of fused-ring (bicyclic) bond motifs is 1. The van der Waals surface area contributed by atoms with Gasteiger partial charge in [-0.3, -0.25) is 5.32 Å². The van der Waals surface area contributed by atoms with Crippen molar-refractivity contribution in [1.82, 2.24) is 4.90 Å². The van der Waals surface area contributed by atoms with Crippen molar-refractivity contribution >= 4 is 22.7 Å². The van der Waals surface area contributed by atoms with E-state index in [0.29, 0.717) is 24.4 Å². The zero-order valence-electron chi connectivity index (χ0n) is 14.4. The highest BCUT2D eigenvalue weighted by Gasteiger charge is 2.10. The van der Waals surface area contributed by atoms with E-state index in [0.717, 1.165) is 30.3 Å². The smallest absolute Gasteiger partial charge is 0.411 e. The monoisotopic (exact) mass is 332 g/mol. The summed E-state index contributed by atoms with van der Waals surface area (Å²) < 4.78 is 10.1. The van der Waals surface area contributed by atoms with Gasteiger partial charge in [-0.25, -0.2) is 9.59 Å². The van der Waals surface area contributed by atoms with Crippen molar-refractivity contribution < 1.29 is 13.9 Å². The van der Waals surface area contributed by atoms with Gasteiger partial charge in [0.05, 0.1) is 6.61 Å². The first kappa shape index (κ1) is 18.0. The van der Waals surface area contributed by atoms with Crippen LogP contribution < -0.4 is 10.9 Å². The van der Waals surface area contributed by atoms with Gasteiger partial charge in [-0.15, -0.1) is 0 Å². The number of carbonyl (C=O) groups excluding carboxylic acids is 1. The highest BCUT2D eigenvalue weighted by atomic mass is 16.5. The Morgan fingerprint density at radius 3 is 2.79 bits per heavy atom. The van der Waals surface area contributed by atoms with Gasteiger partial charge in [-0.2, -0.15) is 0 Å². The van der Waals surface area contributed by atoms with Crippen molar-refractivity contribution in [2.45, 2.75) is 33.2 Å². The minimum atomic E-state index is -0.533. The second kappa shape index (κ2) is 8.49. The summed E-state index contributed by atoms with van der Waals surface area (Å²) in [6, 6.07) is 6.80. The summed E-state index contributed by atoms with van der Waals surface area (Å²) in [4.78, 5) is 25.5. The minimum Gasteiger partial charge on any atom is -0.450 e. The Bertz CT molecular complexity index is 754. The molecule has 0 aliphatic carbocycles. The maximum absolute atomic E-state index is 11.8. The van der Waals surface area contributed by atoms with Crippen LogP contribution in [-0.2, 0) is 11.3 Å². The molecule has 0 fully saturated rings. The Labute approximate surface area is 141 Å². The molecular weight excluding hydrogens is 308 g/mol. The van der Waals surface area contributed by atoms with E-state index in [-0.39, 0.29) is 0 Å². The fourth-order valence-electron chi connectivity index (χ4n) is 2.52. The van der Waals surface area contributed by atoms with Crippen LogP contribution in [0.2, 0.25) is 0 Å². The molecule has 0 aliphatic rings. The van der Waals surface area contributed by atoms with E-state index in [9.17, 15) is 9.59 Å². The van der Waals surface area contributed by atoms with Crippen LogP contribution >= 0.6 is 0 Å². The molecule has 2 rings (SSSR count). The van der Waals surface area contributed by atoms with Crippen LogP contribution in [0.1, 0.15) is 32.3 Å². The summed E-state index contributed by atoms with van der Waals surface area (Å²) in [6.07, 6.45) is 1.71. The molecule has 24 heavy (non-hydrogen) atoms. The Balaban J connectivity index is 2.27. The van der Waals surface area contributed by atoms with E-state index in [4.69, 9.17) is 9.15 Å². The van der Waals surface area contributed by atoms with Crippen molar-refractivity contribution in [2.24, 2.45) is 0 Å². The molecule has 0 saturated heterocycles. The lowest BCUT2D eigenvalue weighted by Gasteiger charge is -2.17. The zero-order valence-corrected chi connectivity index (χ0v) is 14.4. The van der Waals surface area contributed by atoms with Crippen LogP contribution in [0.5, 0.6) is 0 Å². The third-order valence-corrected chi connectivity index (χ3v) is 3.69. The van der Waals surface area contributed by atoms with Gasteiger partial charge in [0, 0.05) is 29.8 Å². The van der Waals surface area contributed by atoms with Crippen molar-refractivity contribution in [2.75, 3.05) is 25.5 Å². The molecule has 0 aliphatic heterocycles. The van der Waals surface area contributed by atoms with Gasteiger partial charge < -0.3 is 14.1 Å². The second-order valence-corrected chi connectivity index (χ2v) is 5.74. The first-order valence-corrected chi connectivity index (χ1v) is 8.22. The summed E-state index contributed by atoms with van der Waals surface area (Å²) in [5.41, 5.74) is 1.51. The van der Waals surface area contributed by atoms with Crippen molar-refractivity contribution in [3.05, 3.63) is 40.2 Å². The number of hydrogen-bond donors (Lipinski definition) is 1. The average Bonchev–Trinajstić information content (AvgIpc) is 2.52. The van der Waals surface area contributed by atoms with Crippen LogP contribution in [0.15, 0.2) is 33.5 Å². The number of ether oxygens (including phenoxy) is 1. The highest BCUT2D eigenvalue weighted by molar-refractivity contribution is 5.89. The maximum Gasteiger partial charge on any atom is 0.411 e. The van der Waals surface area contributed by atoms with E-state index >= 15 is 0 Å². The molecule has 6 nitrogen and oxygen atoms in total. The Morgan fingerprint density at radius 1 is 1.29 bits per heavy atom. The standard InChI is InChI=1S/C18H24N2O4/c1-4-6-9-20(3)12-13-10-17(21)24-16-11-14(7-8-15(13)16)19-18(22)23-5-2/h7-8,10-11H,4-6,9,12H2,1-3H3,(H,19,22). The van der Waals surface area contributed by atoms with E-state index in [2.05, 4.69) is 17.1 Å². The number of nitrogens with one attached hydrogen (secondary N) is 1. The molecule has 1 aromatic carbocycles. The number of carbonyl (C=O) groups is 1. The summed E-state index contributed by atoms with van der Waals surface area (Å²) in [5, 5.41) is 3.48. The van der Waals surface area contributed by atoms with E-state index in [1.807, 2.05) is 13.1 Å². The van der Waals surface area contributed by atoms with E-state index in [1.165, 1.54) is 6.07 Å². The molecule has 0 bridgehead atoms. The molecule has 1 aromatic heterocycles. The third kappa shape index (κ3) is 4.83. The van der Waals surface area contributed by atoms with Gasteiger partial charge in [-0.05, 0) is 44.6 Å². The fraction of sp³-hybridized carbons (Fsp3) is 0.444. The molecule has 1 N–H and O–H groups in total. The van der Waals surface area contributed by atoms with Crippen LogP contribution in [0.3, 0.4) is 0 Å². The van der Waals surface area contributed by atoms with Crippen molar-refractivity contribution in [1.29, 1.82) is 0 Å². The highest BCUT2D eigenvalue weighted by Crippen LogP contribution is 2.22. The fourth-order valence-corrected chi connectivity index (χ4v) is 2.52. The molecule has 1 heterocycles. The lowest BCUT2D eigenvalue weighted by atomic mass is 10.1. The molecule has 0 unspecified atom stereocenters. The first-order chi connectivity index (χ1) is 11.5. The molecule has 0 atom stereocenters. The van der Waals surface area contributed by atoms with Gasteiger partial charge in [0.15, 0.2) is 0 Å². The maximum atomic E-state index is 11.8. The number of amides is 1. The summed E-state index contributed by atoms with van der Waals surface area (Å²) in [5.74, 6) is 0. The average molecular weight is 332 g/mol.